The smallest absolute Gasteiger partial charge is 0.227 e. The number of rotatable bonds is 5. The van der Waals surface area contributed by atoms with E-state index in [0.29, 0.717) is 43.9 Å². The van der Waals surface area contributed by atoms with Gasteiger partial charge in [0.25, 0.3) is 0 Å². The quantitative estimate of drug-likeness (QED) is 0.746. The van der Waals surface area contributed by atoms with Crippen molar-refractivity contribution in [3.8, 4) is 5.75 Å². The maximum Gasteiger partial charge on any atom is 0.227 e. The fourth-order valence-electron chi connectivity index (χ4n) is 7.17. The predicted molar refractivity (Wildman–Crippen MR) is 115 cm³/mol. The lowest BCUT2D eigenvalue weighted by Gasteiger charge is -2.57. The number of hydrogen-bond acceptors (Lipinski definition) is 3. The molecule has 162 valence electrons. The molecule has 1 heterocycles. The molecule has 0 atom stereocenters. The topological polar surface area (TPSA) is 49.9 Å². The molecule has 1 aliphatic heterocycles. The van der Waals surface area contributed by atoms with Crippen LogP contribution in [0.4, 0.5) is 0 Å². The molecule has 5 fully saturated rings. The van der Waals surface area contributed by atoms with Crippen molar-refractivity contribution in [3.63, 3.8) is 0 Å². The van der Waals surface area contributed by atoms with E-state index in [1.165, 1.54) is 38.5 Å². The first kappa shape index (κ1) is 19.9. The van der Waals surface area contributed by atoms with Gasteiger partial charge in [-0.15, -0.1) is 0 Å². The molecule has 0 radical (unpaired) electrons. The van der Waals surface area contributed by atoms with Crippen molar-refractivity contribution in [2.24, 2.45) is 23.2 Å². The van der Waals surface area contributed by atoms with Crippen LogP contribution in [0.15, 0.2) is 24.3 Å². The summed E-state index contributed by atoms with van der Waals surface area (Å²) in [6.07, 6.45) is 9.26. The van der Waals surface area contributed by atoms with Crippen LogP contribution in [-0.4, -0.2) is 54.9 Å². The zero-order valence-corrected chi connectivity index (χ0v) is 18.1. The summed E-state index contributed by atoms with van der Waals surface area (Å²) in [5, 5.41) is 0. The number of ether oxygens (including phenoxy) is 1. The van der Waals surface area contributed by atoms with Gasteiger partial charge < -0.3 is 14.5 Å². The van der Waals surface area contributed by atoms with Gasteiger partial charge in [0.1, 0.15) is 5.75 Å². The van der Waals surface area contributed by atoms with Gasteiger partial charge in [-0.1, -0.05) is 12.1 Å². The molecule has 1 aromatic rings. The van der Waals surface area contributed by atoms with Gasteiger partial charge in [0.05, 0.1) is 13.5 Å². The minimum Gasteiger partial charge on any atom is -0.497 e. The van der Waals surface area contributed by atoms with Crippen LogP contribution in [0, 0.1) is 23.2 Å². The van der Waals surface area contributed by atoms with E-state index in [2.05, 4.69) is 0 Å². The number of methoxy groups -OCH3 is 1. The summed E-state index contributed by atoms with van der Waals surface area (Å²) >= 11 is 0. The molecule has 0 spiro atoms. The van der Waals surface area contributed by atoms with Crippen molar-refractivity contribution in [1.82, 2.24) is 9.80 Å². The second-order valence-electron chi connectivity index (χ2n) is 10.4. The van der Waals surface area contributed by atoms with E-state index in [1.54, 1.807) is 7.11 Å². The van der Waals surface area contributed by atoms with Crippen LogP contribution in [0.5, 0.6) is 5.75 Å². The number of benzene rings is 1. The zero-order chi connectivity index (χ0) is 20.7. The molecule has 0 unspecified atom stereocenters. The van der Waals surface area contributed by atoms with Crippen molar-refractivity contribution >= 4 is 11.8 Å². The standard InChI is InChI=1S/C25H34N2O3/c1-30-22-4-2-18(3-5-22)13-23(28)26-6-8-27(9-7-26)24(29)17-25-14-19-10-20(15-25)12-21(11-19)16-25/h2-5,19-21H,6-17H2,1H3. The van der Waals surface area contributed by atoms with E-state index in [1.807, 2.05) is 34.1 Å². The lowest BCUT2D eigenvalue weighted by atomic mass is 9.49. The van der Waals surface area contributed by atoms with E-state index in [0.717, 1.165) is 35.5 Å². The Kier molecular flexibility index (Phi) is 5.24. The van der Waals surface area contributed by atoms with E-state index >= 15 is 0 Å². The number of amides is 2. The number of piperazine rings is 1. The molecule has 5 aliphatic rings. The molecule has 5 heteroatoms. The summed E-state index contributed by atoms with van der Waals surface area (Å²) in [5.41, 5.74) is 1.30. The third-order valence-corrected chi connectivity index (χ3v) is 8.19. The Morgan fingerprint density at radius 3 is 1.87 bits per heavy atom. The van der Waals surface area contributed by atoms with Gasteiger partial charge in [-0.2, -0.15) is 0 Å². The Morgan fingerprint density at radius 1 is 0.867 bits per heavy atom. The molecular weight excluding hydrogens is 376 g/mol. The molecule has 6 rings (SSSR count). The second-order valence-corrected chi connectivity index (χ2v) is 10.4. The molecule has 0 N–H and O–H groups in total. The first-order chi connectivity index (χ1) is 14.5. The largest absolute Gasteiger partial charge is 0.497 e. The van der Waals surface area contributed by atoms with Gasteiger partial charge in [-0.25, -0.2) is 0 Å². The summed E-state index contributed by atoms with van der Waals surface area (Å²) in [7, 11) is 1.64. The van der Waals surface area contributed by atoms with E-state index in [9.17, 15) is 9.59 Å². The minimum absolute atomic E-state index is 0.147. The van der Waals surface area contributed by atoms with Crippen molar-refractivity contribution in [1.29, 1.82) is 0 Å². The molecular formula is C25H34N2O3. The van der Waals surface area contributed by atoms with Crippen LogP contribution >= 0.6 is 0 Å². The number of hydrogen-bond donors (Lipinski definition) is 0. The van der Waals surface area contributed by atoms with Crippen LogP contribution in [0.3, 0.4) is 0 Å². The SMILES string of the molecule is COc1ccc(CC(=O)N2CCN(C(=O)CC34CC5CC(CC(C5)C3)C4)CC2)cc1. The fourth-order valence-corrected chi connectivity index (χ4v) is 7.17. The van der Waals surface area contributed by atoms with Gasteiger partial charge >= 0.3 is 0 Å². The summed E-state index contributed by atoms with van der Waals surface area (Å²) < 4.78 is 5.18. The van der Waals surface area contributed by atoms with Crippen molar-refractivity contribution in [2.45, 2.75) is 51.4 Å². The Bertz CT molecular complexity index is 760. The fraction of sp³-hybridized carbons (Fsp3) is 0.680. The maximum atomic E-state index is 13.1. The van der Waals surface area contributed by atoms with Crippen molar-refractivity contribution in [3.05, 3.63) is 29.8 Å². The molecule has 4 saturated carbocycles. The van der Waals surface area contributed by atoms with Crippen molar-refractivity contribution in [2.75, 3.05) is 33.3 Å². The number of carbonyl (C=O) groups is 2. The number of carbonyl (C=O) groups excluding carboxylic acids is 2. The predicted octanol–water partition coefficient (Wildman–Crippen LogP) is 3.52. The lowest BCUT2D eigenvalue weighted by Crippen LogP contribution is -2.53. The van der Waals surface area contributed by atoms with Gasteiger partial charge in [0.15, 0.2) is 0 Å². The van der Waals surface area contributed by atoms with E-state index < -0.39 is 0 Å². The molecule has 2 amide bonds. The Hall–Kier alpha value is -2.04. The van der Waals surface area contributed by atoms with Crippen LogP contribution < -0.4 is 4.74 Å². The first-order valence-electron chi connectivity index (χ1n) is 11.7. The monoisotopic (exact) mass is 410 g/mol. The van der Waals surface area contributed by atoms with Gasteiger partial charge in [0.2, 0.25) is 11.8 Å². The third-order valence-electron chi connectivity index (χ3n) is 8.19. The minimum atomic E-state index is 0.147. The highest BCUT2D eigenvalue weighted by Gasteiger charge is 2.51. The normalized spacial score (nSPS) is 32.4. The van der Waals surface area contributed by atoms with Gasteiger partial charge in [0, 0.05) is 32.6 Å². The zero-order valence-electron chi connectivity index (χ0n) is 18.1. The summed E-state index contributed by atoms with van der Waals surface area (Å²) in [6, 6.07) is 7.68. The molecule has 1 aromatic carbocycles. The Morgan fingerprint density at radius 2 is 1.37 bits per heavy atom. The molecule has 4 aliphatic carbocycles. The van der Waals surface area contributed by atoms with E-state index in [-0.39, 0.29) is 5.91 Å². The average molecular weight is 411 g/mol. The highest BCUT2D eigenvalue weighted by Crippen LogP contribution is 2.61. The first-order valence-corrected chi connectivity index (χ1v) is 11.7. The van der Waals surface area contributed by atoms with Crippen LogP contribution in [-0.2, 0) is 16.0 Å². The lowest BCUT2D eigenvalue weighted by molar-refractivity contribution is -0.144. The summed E-state index contributed by atoms with van der Waals surface area (Å²) in [5.74, 6) is 3.94. The van der Waals surface area contributed by atoms with Crippen LogP contribution in [0.1, 0.15) is 50.5 Å². The van der Waals surface area contributed by atoms with Gasteiger partial charge in [-0.05, 0) is 79.4 Å². The second kappa shape index (κ2) is 7.90. The van der Waals surface area contributed by atoms with Crippen LogP contribution in [0.2, 0.25) is 0 Å². The summed E-state index contributed by atoms with van der Waals surface area (Å²) in [6.45, 7) is 2.67. The highest BCUT2D eigenvalue weighted by molar-refractivity contribution is 5.80. The molecule has 5 nitrogen and oxygen atoms in total. The Balaban J connectivity index is 1.12. The third kappa shape index (κ3) is 3.95. The van der Waals surface area contributed by atoms with E-state index in [4.69, 9.17) is 4.74 Å². The number of nitrogens with zero attached hydrogens (tertiary/aromatic N) is 2. The molecule has 0 aromatic heterocycles. The van der Waals surface area contributed by atoms with Crippen LogP contribution in [0.25, 0.3) is 0 Å². The average Bonchev–Trinajstić information content (AvgIpc) is 2.73. The molecule has 1 saturated heterocycles. The maximum absolute atomic E-state index is 13.1. The van der Waals surface area contributed by atoms with Gasteiger partial charge in [-0.3, -0.25) is 9.59 Å². The highest BCUT2D eigenvalue weighted by atomic mass is 16.5. The molecule has 30 heavy (non-hydrogen) atoms. The van der Waals surface area contributed by atoms with Crippen molar-refractivity contribution < 1.29 is 14.3 Å². The Labute approximate surface area is 179 Å². The summed E-state index contributed by atoms with van der Waals surface area (Å²) in [4.78, 5) is 29.7. The molecule has 4 bridgehead atoms.